The highest BCUT2D eigenvalue weighted by Gasteiger charge is 2.23. The molecule has 2 saturated carbocycles. The molecule has 0 atom stereocenters. The molecular weight excluding hydrogens is 316 g/mol. The summed E-state index contributed by atoms with van der Waals surface area (Å²) in [6.07, 6.45) is 18.4. The normalized spacial score (nSPS) is 21.0. The number of hydrogen-bond donors (Lipinski definition) is 0. The van der Waals surface area contributed by atoms with Gasteiger partial charge in [0.25, 0.3) is 0 Å². The lowest BCUT2D eigenvalue weighted by Gasteiger charge is -2.24. The largest absolute Gasteiger partial charge is 0.484 e. The first-order valence-electron chi connectivity index (χ1n) is 10.7. The molecule has 0 aliphatic heterocycles. The minimum atomic E-state index is -1.73. The van der Waals surface area contributed by atoms with Crippen LogP contribution in [0.4, 0.5) is 0 Å². The lowest BCUT2D eigenvalue weighted by atomic mass is 9.81. The maximum absolute atomic E-state index is 5.22. The van der Waals surface area contributed by atoms with E-state index in [2.05, 4.69) is 0 Å². The monoisotopic (exact) mass is 358 g/mol. The van der Waals surface area contributed by atoms with Crippen LogP contribution in [0.1, 0.15) is 97.8 Å². The molecular formula is C20H42O3Si. The van der Waals surface area contributed by atoms with Gasteiger partial charge in [-0.2, -0.15) is 0 Å². The molecule has 2 fully saturated rings. The highest BCUT2D eigenvalue weighted by Crippen LogP contribution is 2.36. The summed E-state index contributed by atoms with van der Waals surface area (Å²) < 4.78 is 15.7. The van der Waals surface area contributed by atoms with Crippen molar-refractivity contribution in [1.29, 1.82) is 0 Å². The Morgan fingerprint density at radius 1 is 0.542 bits per heavy atom. The van der Waals surface area contributed by atoms with E-state index >= 15 is 0 Å². The molecule has 0 radical (unpaired) electrons. The predicted octanol–water partition coefficient (Wildman–Crippen LogP) is 5.74. The molecule has 0 aromatic rings. The van der Waals surface area contributed by atoms with E-state index < -0.39 is 9.53 Å². The Labute approximate surface area is 152 Å². The summed E-state index contributed by atoms with van der Waals surface area (Å²) in [7, 11) is -1.73. The molecule has 144 valence electrons. The predicted molar refractivity (Wildman–Crippen MR) is 104 cm³/mol. The van der Waals surface area contributed by atoms with Crippen LogP contribution in [0.15, 0.2) is 0 Å². The minimum absolute atomic E-state index is 0.677. The van der Waals surface area contributed by atoms with Crippen molar-refractivity contribution in [2.75, 3.05) is 19.8 Å². The van der Waals surface area contributed by atoms with Crippen LogP contribution in [0.5, 0.6) is 0 Å². The lowest BCUT2D eigenvalue weighted by molar-refractivity contribution is 0.107. The first kappa shape index (κ1) is 22.1. The standard InChI is InChI=1S/C14H26.C6H16O3Si/c1-2-6-10-13(9-5-1)14-11-7-3-4-8-12-14;1-4-7-10(8-5-2)9-6-3/h13-14H,1-12H2;10H,4-6H2,1-3H3. The first-order chi connectivity index (χ1) is 11.8. The maximum atomic E-state index is 5.22. The van der Waals surface area contributed by atoms with E-state index in [0.717, 1.165) is 11.8 Å². The molecule has 0 N–H and O–H groups in total. The smallest absolute Gasteiger partial charge is 0.376 e. The average Bonchev–Trinajstić information content (AvgIpc) is 3.01. The molecule has 3 nitrogen and oxygen atoms in total. The zero-order valence-electron chi connectivity index (χ0n) is 16.6. The van der Waals surface area contributed by atoms with Crippen molar-refractivity contribution in [3.05, 3.63) is 0 Å². The molecule has 0 aromatic carbocycles. The number of rotatable bonds is 7. The summed E-state index contributed by atoms with van der Waals surface area (Å²) in [5.41, 5.74) is 0. The molecule has 2 aliphatic carbocycles. The molecule has 0 spiro atoms. The van der Waals surface area contributed by atoms with Gasteiger partial charge in [0.05, 0.1) is 0 Å². The molecule has 0 aromatic heterocycles. The second-order valence-corrected chi connectivity index (χ2v) is 8.74. The Bertz CT molecular complexity index is 227. The van der Waals surface area contributed by atoms with Crippen LogP contribution in [0, 0.1) is 11.8 Å². The average molecular weight is 359 g/mol. The molecule has 0 amide bonds. The van der Waals surface area contributed by atoms with E-state index in [1.165, 1.54) is 51.4 Å². The van der Waals surface area contributed by atoms with Gasteiger partial charge in [0, 0.05) is 19.8 Å². The van der Waals surface area contributed by atoms with Gasteiger partial charge >= 0.3 is 9.53 Å². The SMILES string of the molecule is C1CCCC(C2CCCCCC2)CC1.CCO[SiH](OCC)OCC. The van der Waals surface area contributed by atoms with Crippen LogP contribution in [0.2, 0.25) is 0 Å². The van der Waals surface area contributed by atoms with Crippen molar-refractivity contribution in [2.24, 2.45) is 11.8 Å². The summed E-state index contributed by atoms with van der Waals surface area (Å²) in [5.74, 6) is 2.24. The van der Waals surface area contributed by atoms with Gasteiger partial charge in [-0.1, -0.05) is 77.0 Å². The quantitative estimate of drug-likeness (QED) is 0.429. The van der Waals surface area contributed by atoms with Crippen LogP contribution in [0.25, 0.3) is 0 Å². The van der Waals surface area contributed by atoms with E-state index in [9.17, 15) is 0 Å². The molecule has 24 heavy (non-hydrogen) atoms. The van der Waals surface area contributed by atoms with Gasteiger partial charge in [-0.25, -0.2) is 0 Å². The summed E-state index contributed by atoms with van der Waals surface area (Å²) in [6.45, 7) is 7.86. The number of hydrogen-bond acceptors (Lipinski definition) is 3. The molecule has 2 aliphatic rings. The zero-order valence-corrected chi connectivity index (χ0v) is 17.7. The van der Waals surface area contributed by atoms with E-state index in [1.54, 1.807) is 25.7 Å². The molecule has 2 rings (SSSR count). The third-order valence-electron chi connectivity index (χ3n) is 5.37. The van der Waals surface area contributed by atoms with Crippen molar-refractivity contribution >= 4 is 9.53 Å². The van der Waals surface area contributed by atoms with Gasteiger partial charge in [-0.05, 0) is 32.6 Å². The van der Waals surface area contributed by atoms with Crippen LogP contribution in [-0.2, 0) is 13.3 Å². The highest BCUT2D eigenvalue weighted by molar-refractivity contribution is 6.36. The summed E-state index contributed by atoms with van der Waals surface area (Å²) in [4.78, 5) is 0. The molecule has 0 heterocycles. The highest BCUT2D eigenvalue weighted by atomic mass is 28.3. The van der Waals surface area contributed by atoms with Gasteiger partial charge < -0.3 is 13.3 Å². The minimum Gasteiger partial charge on any atom is -0.376 e. The molecule has 0 saturated heterocycles. The van der Waals surface area contributed by atoms with Gasteiger partial charge in [-0.15, -0.1) is 0 Å². The Kier molecular flexibility index (Phi) is 14.2. The van der Waals surface area contributed by atoms with Crippen LogP contribution in [0.3, 0.4) is 0 Å². The fraction of sp³-hybridized carbons (Fsp3) is 1.00. The fourth-order valence-electron chi connectivity index (χ4n) is 4.12. The summed E-state index contributed by atoms with van der Waals surface area (Å²) >= 11 is 0. The molecule has 0 unspecified atom stereocenters. The topological polar surface area (TPSA) is 27.7 Å². The van der Waals surface area contributed by atoms with Crippen molar-refractivity contribution in [3.8, 4) is 0 Å². The zero-order chi connectivity index (χ0) is 17.5. The summed E-state index contributed by atoms with van der Waals surface area (Å²) in [5, 5.41) is 0. The van der Waals surface area contributed by atoms with E-state index in [-0.39, 0.29) is 0 Å². The van der Waals surface area contributed by atoms with Crippen molar-refractivity contribution < 1.29 is 13.3 Å². The molecule has 0 bridgehead atoms. The van der Waals surface area contributed by atoms with E-state index in [0.29, 0.717) is 19.8 Å². The van der Waals surface area contributed by atoms with Crippen molar-refractivity contribution in [3.63, 3.8) is 0 Å². The van der Waals surface area contributed by atoms with Gasteiger partial charge in [0.15, 0.2) is 0 Å². The Balaban J connectivity index is 0.000000257. The summed E-state index contributed by atoms with van der Waals surface area (Å²) in [6, 6.07) is 0. The van der Waals surface area contributed by atoms with Crippen molar-refractivity contribution in [2.45, 2.75) is 97.8 Å². The Hall–Kier alpha value is 0.0969. The van der Waals surface area contributed by atoms with E-state index in [1.807, 2.05) is 20.8 Å². The maximum Gasteiger partial charge on any atom is 0.484 e. The third kappa shape index (κ3) is 10.2. The molecule has 4 heteroatoms. The van der Waals surface area contributed by atoms with Crippen LogP contribution < -0.4 is 0 Å². The van der Waals surface area contributed by atoms with Gasteiger partial charge in [0.1, 0.15) is 0 Å². The second kappa shape index (κ2) is 15.4. The third-order valence-corrected chi connectivity index (χ3v) is 7.19. The Morgan fingerprint density at radius 3 is 1.08 bits per heavy atom. The van der Waals surface area contributed by atoms with Gasteiger partial charge in [0.2, 0.25) is 0 Å². The lowest BCUT2D eigenvalue weighted by Crippen LogP contribution is -2.27. The van der Waals surface area contributed by atoms with Crippen LogP contribution >= 0.6 is 0 Å². The van der Waals surface area contributed by atoms with Crippen molar-refractivity contribution in [1.82, 2.24) is 0 Å². The Morgan fingerprint density at radius 2 is 0.833 bits per heavy atom. The van der Waals surface area contributed by atoms with E-state index in [4.69, 9.17) is 13.3 Å². The first-order valence-corrected chi connectivity index (χ1v) is 12.1. The second-order valence-electron chi connectivity index (χ2n) is 7.16. The fourth-order valence-corrected chi connectivity index (χ4v) is 5.22. The van der Waals surface area contributed by atoms with Crippen LogP contribution in [-0.4, -0.2) is 29.3 Å². The van der Waals surface area contributed by atoms with Gasteiger partial charge in [-0.3, -0.25) is 0 Å².